The molecule has 0 bridgehead atoms. The summed E-state index contributed by atoms with van der Waals surface area (Å²) in [6.45, 7) is 3.21. The summed E-state index contributed by atoms with van der Waals surface area (Å²) in [6.07, 6.45) is -0.197. The molecule has 19 heavy (non-hydrogen) atoms. The molecule has 1 saturated heterocycles. The molecular weight excluding hydrogens is 258 g/mol. The van der Waals surface area contributed by atoms with Gasteiger partial charge in [-0.05, 0) is 12.8 Å². The van der Waals surface area contributed by atoms with Gasteiger partial charge in [-0.1, -0.05) is 0 Å². The summed E-state index contributed by atoms with van der Waals surface area (Å²) in [5.41, 5.74) is 0. The first-order valence-corrected chi connectivity index (χ1v) is 5.89. The third-order valence-electron chi connectivity index (χ3n) is 2.66. The van der Waals surface area contributed by atoms with E-state index >= 15 is 0 Å². The Hall–Kier alpha value is -2.06. The van der Waals surface area contributed by atoms with Crippen LogP contribution in [0.1, 0.15) is 26.7 Å². The monoisotopic (exact) mass is 275 g/mol. The van der Waals surface area contributed by atoms with E-state index in [0.29, 0.717) is 12.8 Å². The number of hydrogen-bond donors (Lipinski definition) is 1. The third kappa shape index (κ3) is 4.98. The lowest BCUT2D eigenvalue weighted by atomic mass is 9.98. The van der Waals surface area contributed by atoms with Gasteiger partial charge in [0.1, 0.15) is 0 Å². The molecule has 0 amide bonds. The highest BCUT2D eigenvalue weighted by Gasteiger charge is 2.28. The van der Waals surface area contributed by atoms with Crippen LogP contribution in [-0.4, -0.2) is 46.4 Å². The van der Waals surface area contributed by atoms with Gasteiger partial charge >= 0.3 is 11.9 Å². The van der Waals surface area contributed by atoms with Crippen molar-refractivity contribution < 1.29 is 29.2 Å². The lowest BCUT2D eigenvalue weighted by molar-refractivity contribution is -0.715. The van der Waals surface area contributed by atoms with Crippen LogP contribution < -0.4 is 0 Å². The minimum atomic E-state index is -0.953. The molecule has 1 N–H and O–H groups in total. The summed E-state index contributed by atoms with van der Waals surface area (Å²) in [6, 6.07) is 0. The zero-order chi connectivity index (χ0) is 14.4. The normalized spacial score (nSPS) is 18.8. The molecule has 1 unspecified atom stereocenters. The lowest BCUT2D eigenvalue weighted by Gasteiger charge is -2.25. The Balaban J connectivity index is 2.39. The molecule has 1 heterocycles. The van der Waals surface area contributed by atoms with Crippen LogP contribution in [0.25, 0.3) is 0 Å². The second-order valence-electron chi connectivity index (χ2n) is 4.18. The van der Waals surface area contributed by atoms with Gasteiger partial charge < -0.3 is 15.1 Å². The first-order valence-electron chi connectivity index (χ1n) is 5.89. The number of carboxylic acid groups (broad SMARTS) is 1. The fourth-order valence-corrected chi connectivity index (χ4v) is 1.70. The molecule has 9 heteroatoms. The van der Waals surface area contributed by atoms with E-state index < -0.39 is 24.1 Å². The summed E-state index contributed by atoms with van der Waals surface area (Å²) in [7, 11) is 0. The standard InChI is InChI=1S/C10H17N3O6/c1-7(14)18-8(2)19-11-13(17)12-5-3-9(4-6-12)10(15)16/h8-9H,3-6H2,1-2H3,(H,15,16). The average Bonchev–Trinajstić information content (AvgIpc) is 2.35. The van der Waals surface area contributed by atoms with Crippen LogP contribution >= 0.6 is 0 Å². The maximum Gasteiger partial charge on any atom is 0.306 e. The number of aliphatic carboxylic acids is 1. The summed E-state index contributed by atoms with van der Waals surface area (Å²) >= 11 is 0. The Kier molecular flexibility index (Phi) is 5.34. The molecule has 1 fully saturated rings. The molecule has 108 valence electrons. The van der Waals surface area contributed by atoms with Crippen molar-refractivity contribution >= 4 is 11.9 Å². The molecular formula is C10H17N3O6. The zero-order valence-electron chi connectivity index (χ0n) is 10.8. The van der Waals surface area contributed by atoms with Crippen molar-refractivity contribution in [2.24, 2.45) is 11.2 Å². The number of carbonyl (C=O) groups is 2. The summed E-state index contributed by atoms with van der Waals surface area (Å²) in [5, 5.41) is 24.9. The number of esters is 1. The molecule has 0 aromatic carbocycles. The third-order valence-corrected chi connectivity index (χ3v) is 2.66. The molecule has 1 atom stereocenters. The average molecular weight is 275 g/mol. The number of hydrogen-bond acceptors (Lipinski definition) is 6. The number of carbonyl (C=O) groups excluding carboxylic acids is 1. The van der Waals surface area contributed by atoms with Crippen molar-refractivity contribution in [3.05, 3.63) is 5.21 Å². The molecule has 0 radical (unpaired) electrons. The maximum absolute atomic E-state index is 11.5. The van der Waals surface area contributed by atoms with E-state index in [-0.39, 0.29) is 18.1 Å². The number of carboxylic acids is 1. The first kappa shape index (κ1) is 15.0. The summed E-state index contributed by atoms with van der Waals surface area (Å²) < 4.78 is 4.62. The van der Waals surface area contributed by atoms with Crippen LogP contribution in [0.3, 0.4) is 0 Å². The Bertz CT molecular complexity index is 364. The van der Waals surface area contributed by atoms with Gasteiger partial charge in [0.05, 0.1) is 24.0 Å². The number of piperidine rings is 1. The van der Waals surface area contributed by atoms with Crippen LogP contribution in [0.15, 0.2) is 5.28 Å². The van der Waals surface area contributed by atoms with Crippen molar-refractivity contribution in [1.29, 1.82) is 0 Å². The fraction of sp³-hybridized carbons (Fsp3) is 0.800. The molecule has 0 spiro atoms. The van der Waals surface area contributed by atoms with Crippen LogP contribution in [0.2, 0.25) is 0 Å². The van der Waals surface area contributed by atoms with Crippen LogP contribution in [-0.2, 0) is 19.2 Å². The Morgan fingerprint density at radius 3 is 2.53 bits per heavy atom. The van der Waals surface area contributed by atoms with Gasteiger partial charge in [0, 0.05) is 13.8 Å². The van der Waals surface area contributed by atoms with Crippen molar-refractivity contribution in [2.45, 2.75) is 33.0 Å². The molecule has 1 rings (SSSR count). The van der Waals surface area contributed by atoms with Crippen molar-refractivity contribution in [1.82, 2.24) is 5.01 Å². The van der Waals surface area contributed by atoms with Gasteiger partial charge in [-0.25, -0.2) is 0 Å². The predicted molar refractivity (Wildman–Crippen MR) is 60.3 cm³/mol. The number of nitrogens with zero attached hydrogens (tertiary/aromatic N) is 3. The quantitative estimate of drug-likeness (QED) is 0.255. The fourth-order valence-electron chi connectivity index (χ4n) is 1.70. The second-order valence-corrected chi connectivity index (χ2v) is 4.18. The maximum atomic E-state index is 11.5. The van der Waals surface area contributed by atoms with Crippen molar-refractivity contribution in [3.63, 3.8) is 0 Å². The van der Waals surface area contributed by atoms with Crippen LogP contribution in [0.5, 0.6) is 0 Å². The van der Waals surface area contributed by atoms with E-state index in [4.69, 9.17) is 5.11 Å². The van der Waals surface area contributed by atoms with Gasteiger partial charge in [-0.15, -0.1) is 5.01 Å². The highest BCUT2D eigenvalue weighted by atomic mass is 16.8. The number of ether oxygens (including phenoxy) is 1. The number of rotatable bonds is 5. The SMILES string of the molecule is CC(=O)OC(C)ON=[N+]([O-])N1CCC(C(=O)O)CC1. The van der Waals surface area contributed by atoms with E-state index in [9.17, 15) is 14.8 Å². The second kappa shape index (κ2) is 6.76. The zero-order valence-corrected chi connectivity index (χ0v) is 10.8. The van der Waals surface area contributed by atoms with Crippen molar-refractivity contribution in [3.8, 4) is 0 Å². The van der Waals surface area contributed by atoms with E-state index in [1.807, 2.05) is 0 Å². The van der Waals surface area contributed by atoms with E-state index in [0.717, 1.165) is 0 Å². The topological polar surface area (TPSA) is 114 Å². The minimum absolute atomic E-state index is 0.248. The molecule has 0 aromatic heterocycles. The van der Waals surface area contributed by atoms with Gasteiger partial charge in [0.15, 0.2) is 0 Å². The predicted octanol–water partition coefficient (Wildman–Crippen LogP) is 0.501. The Morgan fingerprint density at radius 2 is 2.05 bits per heavy atom. The number of hydrazine groups is 1. The molecule has 1 aliphatic rings. The Labute approximate surface area is 109 Å². The van der Waals surface area contributed by atoms with Crippen LogP contribution in [0.4, 0.5) is 0 Å². The molecule has 0 aromatic rings. The van der Waals surface area contributed by atoms with Gasteiger partial charge in [0.2, 0.25) is 5.28 Å². The molecule has 9 nitrogen and oxygen atoms in total. The van der Waals surface area contributed by atoms with E-state index in [1.54, 1.807) is 0 Å². The smallest absolute Gasteiger partial charge is 0.306 e. The van der Waals surface area contributed by atoms with E-state index in [2.05, 4.69) is 14.9 Å². The van der Waals surface area contributed by atoms with Gasteiger partial charge in [0.25, 0.3) is 6.29 Å². The molecule has 0 aliphatic carbocycles. The minimum Gasteiger partial charge on any atom is -0.569 e. The summed E-state index contributed by atoms with van der Waals surface area (Å²) in [5.74, 6) is -1.82. The highest BCUT2D eigenvalue weighted by Crippen LogP contribution is 2.17. The van der Waals surface area contributed by atoms with E-state index in [1.165, 1.54) is 18.9 Å². The lowest BCUT2D eigenvalue weighted by Crippen LogP contribution is -2.40. The Morgan fingerprint density at radius 1 is 1.47 bits per heavy atom. The first-order chi connectivity index (χ1) is 8.90. The largest absolute Gasteiger partial charge is 0.569 e. The van der Waals surface area contributed by atoms with Crippen molar-refractivity contribution in [2.75, 3.05) is 13.1 Å². The summed E-state index contributed by atoms with van der Waals surface area (Å²) in [4.78, 5) is 26.3. The van der Waals surface area contributed by atoms with Gasteiger partial charge in [-0.3, -0.25) is 14.4 Å². The van der Waals surface area contributed by atoms with Gasteiger partial charge in [-0.2, -0.15) is 0 Å². The molecule has 0 saturated carbocycles. The molecule has 1 aliphatic heterocycles. The van der Waals surface area contributed by atoms with Crippen LogP contribution in [0, 0.1) is 11.1 Å². The highest BCUT2D eigenvalue weighted by molar-refractivity contribution is 5.70.